The van der Waals surface area contributed by atoms with Crippen LogP contribution in [0, 0.1) is 0 Å². The molecule has 0 fully saturated rings. The zero-order chi connectivity index (χ0) is 12.8. The van der Waals surface area contributed by atoms with E-state index in [2.05, 4.69) is 11.8 Å². The summed E-state index contributed by atoms with van der Waals surface area (Å²) in [6, 6.07) is 5.19. The van der Waals surface area contributed by atoms with Crippen LogP contribution in [-0.2, 0) is 0 Å². The summed E-state index contributed by atoms with van der Waals surface area (Å²) in [4.78, 5) is 13.1. The van der Waals surface area contributed by atoms with Crippen LogP contribution >= 0.6 is 0 Å². The van der Waals surface area contributed by atoms with Crippen molar-refractivity contribution >= 4 is 17.3 Å². The molecule has 4 nitrogen and oxygen atoms in total. The molecular formula is C13H21N3O. The van der Waals surface area contributed by atoms with Crippen LogP contribution in [0.1, 0.15) is 36.5 Å². The van der Waals surface area contributed by atoms with Gasteiger partial charge in [-0.2, -0.15) is 0 Å². The van der Waals surface area contributed by atoms with E-state index in [1.54, 1.807) is 12.1 Å². The molecule has 1 rings (SSSR count). The largest absolute Gasteiger partial charge is 0.397 e. The van der Waals surface area contributed by atoms with Crippen LogP contribution in [0.4, 0.5) is 11.4 Å². The number of hydrogen-bond acceptors (Lipinski definition) is 3. The maximum Gasteiger partial charge on any atom is 0.248 e. The normalized spacial score (nSPS) is 10.2. The molecule has 94 valence electrons. The monoisotopic (exact) mass is 235 g/mol. The van der Waals surface area contributed by atoms with E-state index in [1.165, 1.54) is 12.8 Å². The van der Waals surface area contributed by atoms with Crippen molar-refractivity contribution in [3.05, 3.63) is 23.8 Å². The minimum atomic E-state index is -0.447. The fraction of sp³-hybridized carbons (Fsp3) is 0.462. The van der Waals surface area contributed by atoms with E-state index in [9.17, 15) is 4.79 Å². The molecular weight excluding hydrogens is 214 g/mol. The minimum Gasteiger partial charge on any atom is -0.397 e. The van der Waals surface area contributed by atoms with Crippen molar-refractivity contribution in [1.82, 2.24) is 0 Å². The number of carbonyl (C=O) groups excluding carboxylic acids is 1. The van der Waals surface area contributed by atoms with Crippen molar-refractivity contribution in [3.8, 4) is 0 Å². The summed E-state index contributed by atoms with van der Waals surface area (Å²) in [7, 11) is 2.01. The lowest BCUT2D eigenvalue weighted by Gasteiger charge is -2.21. The summed E-state index contributed by atoms with van der Waals surface area (Å²) >= 11 is 0. The Balaban J connectivity index is 2.74. The van der Waals surface area contributed by atoms with Gasteiger partial charge in [-0.25, -0.2) is 0 Å². The van der Waals surface area contributed by atoms with E-state index in [1.807, 2.05) is 13.1 Å². The Labute approximate surface area is 103 Å². The molecule has 1 aromatic carbocycles. The van der Waals surface area contributed by atoms with Crippen LogP contribution in [0.2, 0.25) is 0 Å². The number of nitrogens with two attached hydrogens (primary N) is 2. The highest BCUT2D eigenvalue weighted by molar-refractivity contribution is 5.94. The van der Waals surface area contributed by atoms with Gasteiger partial charge in [-0.1, -0.05) is 19.8 Å². The van der Waals surface area contributed by atoms with Crippen molar-refractivity contribution in [1.29, 1.82) is 0 Å². The summed E-state index contributed by atoms with van der Waals surface area (Å²) < 4.78 is 0. The fourth-order valence-electron chi connectivity index (χ4n) is 1.77. The first-order valence-electron chi connectivity index (χ1n) is 5.96. The van der Waals surface area contributed by atoms with Gasteiger partial charge < -0.3 is 16.4 Å². The fourth-order valence-corrected chi connectivity index (χ4v) is 1.77. The van der Waals surface area contributed by atoms with Gasteiger partial charge in [0.1, 0.15) is 0 Å². The first kappa shape index (κ1) is 13.4. The molecule has 0 aliphatic heterocycles. The first-order chi connectivity index (χ1) is 8.06. The summed E-state index contributed by atoms with van der Waals surface area (Å²) in [5, 5.41) is 0. The van der Waals surface area contributed by atoms with Gasteiger partial charge in [0.25, 0.3) is 0 Å². The molecule has 0 unspecified atom stereocenters. The Morgan fingerprint density at radius 3 is 2.59 bits per heavy atom. The second-order valence-corrected chi connectivity index (χ2v) is 4.27. The number of carbonyl (C=O) groups is 1. The molecule has 0 aromatic heterocycles. The van der Waals surface area contributed by atoms with Gasteiger partial charge in [-0.15, -0.1) is 0 Å². The van der Waals surface area contributed by atoms with Crippen molar-refractivity contribution in [3.63, 3.8) is 0 Å². The lowest BCUT2D eigenvalue weighted by molar-refractivity contribution is 0.100. The molecule has 17 heavy (non-hydrogen) atoms. The smallest absolute Gasteiger partial charge is 0.248 e. The first-order valence-corrected chi connectivity index (χ1v) is 5.96. The van der Waals surface area contributed by atoms with E-state index in [0.717, 1.165) is 18.7 Å². The summed E-state index contributed by atoms with van der Waals surface area (Å²) in [5.41, 5.74) is 13.1. The lowest BCUT2D eigenvalue weighted by Crippen LogP contribution is -2.20. The van der Waals surface area contributed by atoms with Crippen LogP contribution in [0.15, 0.2) is 18.2 Å². The van der Waals surface area contributed by atoms with Gasteiger partial charge in [0.15, 0.2) is 0 Å². The maximum atomic E-state index is 11.0. The predicted octanol–water partition coefficient (Wildman–Crippen LogP) is 1.99. The third-order valence-electron chi connectivity index (χ3n) is 2.82. The Bertz CT molecular complexity index is 390. The number of anilines is 2. The van der Waals surface area contributed by atoms with Gasteiger partial charge in [-0.3, -0.25) is 4.79 Å². The highest BCUT2D eigenvalue weighted by Gasteiger charge is 2.08. The maximum absolute atomic E-state index is 11.0. The quantitative estimate of drug-likeness (QED) is 0.585. The van der Waals surface area contributed by atoms with Gasteiger partial charge in [-0.05, 0) is 24.6 Å². The topological polar surface area (TPSA) is 72.3 Å². The number of nitrogens with zero attached hydrogens (tertiary/aromatic N) is 1. The summed E-state index contributed by atoms with van der Waals surface area (Å²) in [6.07, 6.45) is 3.55. The molecule has 0 bridgehead atoms. The number of benzene rings is 1. The number of hydrogen-bond donors (Lipinski definition) is 2. The van der Waals surface area contributed by atoms with Gasteiger partial charge in [0, 0.05) is 19.2 Å². The third-order valence-corrected chi connectivity index (χ3v) is 2.82. The Morgan fingerprint density at radius 2 is 2.06 bits per heavy atom. The molecule has 4 heteroatoms. The van der Waals surface area contributed by atoms with Gasteiger partial charge >= 0.3 is 0 Å². The summed E-state index contributed by atoms with van der Waals surface area (Å²) in [5.74, 6) is -0.447. The molecule has 0 spiro atoms. The van der Waals surface area contributed by atoms with Crippen LogP contribution < -0.4 is 16.4 Å². The summed E-state index contributed by atoms with van der Waals surface area (Å²) in [6.45, 7) is 3.14. The molecule has 0 aliphatic rings. The number of unbranched alkanes of at least 4 members (excludes halogenated alkanes) is 2. The standard InChI is InChI=1S/C13H21N3O/c1-3-4-5-8-16(2)12-7-6-10(13(15)17)9-11(12)14/h6-7,9H,3-5,8,14H2,1-2H3,(H2,15,17). The van der Waals surface area contributed by atoms with E-state index in [4.69, 9.17) is 11.5 Å². The van der Waals surface area contributed by atoms with Crippen LogP contribution in [-0.4, -0.2) is 19.5 Å². The van der Waals surface area contributed by atoms with E-state index < -0.39 is 5.91 Å². The van der Waals surface area contributed by atoms with Crippen LogP contribution in [0.3, 0.4) is 0 Å². The third kappa shape index (κ3) is 3.66. The van der Waals surface area contributed by atoms with Crippen molar-refractivity contribution in [2.75, 3.05) is 24.2 Å². The molecule has 0 saturated heterocycles. The van der Waals surface area contributed by atoms with E-state index >= 15 is 0 Å². The SMILES string of the molecule is CCCCCN(C)c1ccc(C(N)=O)cc1N. The molecule has 0 saturated carbocycles. The molecule has 0 aliphatic carbocycles. The molecule has 4 N–H and O–H groups in total. The Hall–Kier alpha value is -1.71. The molecule has 0 radical (unpaired) electrons. The number of amides is 1. The molecule has 1 aromatic rings. The second kappa shape index (κ2) is 6.13. The number of rotatable bonds is 6. The minimum absolute atomic E-state index is 0.447. The van der Waals surface area contributed by atoms with Crippen molar-refractivity contribution in [2.24, 2.45) is 5.73 Å². The zero-order valence-corrected chi connectivity index (χ0v) is 10.6. The van der Waals surface area contributed by atoms with E-state index in [0.29, 0.717) is 11.3 Å². The Kier molecular flexibility index (Phi) is 4.82. The highest BCUT2D eigenvalue weighted by Crippen LogP contribution is 2.23. The van der Waals surface area contributed by atoms with Crippen LogP contribution in [0.25, 0.3) is 0 Å². The van der Waals surface area contributed by atoms with Gasteiger partial charge in [0.2, 0.25) is 5.91 Å². The lowest BCUT2D eigenvalue weighted by atomic mass is 10.1. The second-order valence-electron chi connectivity index (χ2n) is 4.27. The van der Waals surface area contributed by atoms with Crippen molar-refractivity contribution in [2.45, 2.75) is 26.2 Å². The van der Waals surface area contributed by atoms with Crippen LogP contribution in [0.5, 0.6) is 0 Å². The van der Waals surface area contributed by atoms with E-state index in [-0.39, 0.29) is 0 Å². The molecule has 1 amide bonds. The molecule has 0 heterocycles. The average Bonchev–Trinajstić information content (AvgIpc) is 2.28. The number of primary amides is 1. The van der Waals surface area contributed by atoms with Crippen molar-refractivity contribution < 1.29 is 4.79 Å². The zero-order valence-electron chi connectivity index (χ0n) is 10.6. The Morgan fingerprint density at radius 1 is 1.35 bits per heavy atom. The predicted molar refractivity (Wildman–Crippen MR) is 72.2 cm³/mol. The average molecular weight is 235 g/mol. The number of nitrogen functional groups attached to an aromatic ring is 1. The highest BCUT2D eigenvalue weighted by atomic mass is 16.1. The van der Waals surface area contributed by atoms with Gasteiger partial charge in [0.05, 0.1) is 11.4 Å². The molecule has 0 atom stereocenters.